The number of nitrogens with zero attached hydrogens (tertiary/aromatic N) is 1. The van der Waals surface area contributed by atoms with Crippen molar-refractivity contribution in [3.05, 3.63) is 0 Å². The smallest absolute Gasteiger partial charge is 0.282 e. The Morgan fingerprint density at radius 1 is 1.56 bits per heavy atom. The number of nitrogens with two attached hydrogens (primary N) is 1. The Kier molecular flexibility index (Phi) is 1.08. The van der Waals surface area contributed by atoms with E-state index in [1.165, 1.54) is 0 Å². The molecule has 0 aliphatic carbocycles. The Morgan fingerprint density at radius 2 is 2.00 bits per heavy atom. The number of hydrogen-bond donors (Lipinski definition) is 2. The van der Waals surface area contributed by atoms with Crippen molar-refractivity contribution in [1.82, 2.24) is 4.90 Å². The molecule has 1 heterocycles. The second kappa shape index (κ2) is 1.55. The van der Waals surface area contributed by atoms with E-state index in [1.807, 2.05) is 0 Å². The van der Waals surface area contributed by atoms with Crippen LogP contribution in [0, 0.1) is 5.41 Å². The first-order chi connectivity index (χ1) is 4.01. The zero-order valence-electron chi connectivity index (χ0n) is 4.69. The molecule has 1 aliphatic heterocycles. The fourth-order valence-corrected chi connectivity index (χ4v) is 0.683. The van der Waals surface area contributed by atoms with Crippen molar-refractivity contribution in [1.29, 1.82) is 5.41 Å². The fourth-order valence-electron chi connectivity index (χ4n) is 0.683. The van der Waals surface area contributed by atoms with Gasteiger partial charge in [-0.15, -0.1) is 0 Å². The van der Waals surface area contributed by atoms with Gasteiger partial charge in [-0.2, -0.15) is 0 Å². The lowest BCUT2D eigenvalue weighted by molar-refractivity contribution is -0.102. The Hall–Kier alpha value is -0.870. The summed E-state index contributed by atoms with van der Waals surface area (Å²) >= 11 is 0. The largest absolute Gasteiger partial charge is 0.370 e. The van der Waals surface area contributed by atoms with Crippen molar-refractivity contribution in [3.8, 4) is 0 Å². The monoisotopic (exact) mass is 135 g/mol. The highest BCUT2D eigenvalue weighted by molar-refractivity contribution is 5.75. The number of nitrogens with one attached hydrogen (secondary N) is 1. The Labute approximate surface area is 50.9 Å². The van der Waals surface area contributed by atoms with E-state index in [4.69, 9.17) is 11.1 Å². The van der Waals surface area contributed by atoms with Crippen LogP contribution in [0.2, 0.25) is 0 Å². The van der Waals surface area contributed by atoms with Gasteiger partial charge in [0.25, 0.3) is 5.92 Å². The van der Waals surface area contributed by atoms with Crippen LogP contribution in [0.3, 0.4) is 0 Å². The number of rotatable bonds is 0. The van der Waals surface area contributed by atoms with E-state index in [2.05, 4.69) is 0 Å². The third-order valence-corrected chi connectivity index (χ3v) is 1.19. The van der Waals surface area contributed by atoms with Crippen LogP contribution < -0.4 is 5.73 Å². The average molecular weight is 135 g/mol. The standard InChI is InChI=1S/C4H7F2N3/c5-4(6)1-9(2-4)3(7)8/h1-2H2,(H3,7,8). The minimum atomic E-state index is -2.62. The van der Waals surface area contributed by atoms with E-state index >= 15 is 0 Å². The number of halogens is 2. The summed E-state index contributed by atoms with van der Waals surface area (Å²) < 4.78 is 23.9. The lowest BCUT2D eigenvalue weighted by Gasteiger charge is -2.38. The van der Waals surface area contributed by atoms with Crippen molar-refractivity contribution >= 4 is 5.96 Å². The second-order valence-corrected chi connectivity index (χ2v) is 2.10. The van der Waals surface area contributed by atoms with Gasteiger partial charge >= 0.3 is 0 Å². The summed E-state index contributed by atoms with van der Waals surface area (Å²) in [6.07, 6.45) is 0. The molecule has 1 aliphatic rings. The molecular formula is C4H7F2N3. The third kappa shape index (κ3) is 1.09. The molecule has 0 atom stereocenters. The minimum absolute atomic E-state index is 0.277. The molecule has 1 saturated heterocycles. The molecule has 3 nitrogen and oxygen atoms in total. The summed E-state index contributed by atoms with van der Waals surface area (Å²) in [7, 11) is 0. The van der Waals surface area contributed by atoms with Crippen LogP contribution in [0.4, 0.5) is 8.78 Å². The molecule has 0 saturated carbocycles. The molecule has 1 rings (SSSR count). The van der Waals surface area contributed by atoms with Gasteiger partial charge in [0.1, 0.15) is 0 Å². The topological polar surface area (TPSA) is 53.1 Å². The maximum atomic E-state index is 12.0. The summed E-state index contributed by atoms with van der Waals surface area (Å²) in [6.45, 7) is -0.801. The third-order valence-electron chi connectivity index (χ3n) is 1.19. The Bertz CT molecular complexity index is 137. The van der Waals surface area contributed by atoms with Crippen LogP contribution in [0.15, 0.2) is 0 Å². The van der Waals surface area contributed by atoms with Crippen LogP contribution in [0.1, 0.15) is 0 Å². The predicted molar refractivity (Wildman–Crippen MR) is 28.4 cm³/mol. The first-order valence-electron chi connectivity index (χ1n) is 2.48. The van der Waals surface area contributed by atoms with Crippen LogP contribution in [0.25, 0.3) is 0 Å². The number of guanidine groups is 1. The molecule has 0 amide bonds. The normalized spacial score (nSPS) is 23.1. The fraction of sp³-hybridized carbons (Fsp3) is 0.750. The molecular weight excluding hydrogens is 128 g/mol. The van der Waals surface area contributed by atoms with E-state index in [-0.39, 0.29) is 5.96 Å². The molecule has 52 valence electrons. The zero-order valence-corrected chi connectivity index (χ0v) is 4.69. The van der Waals surface area contributed by atoms with Crippen molar-refractivity contribution < 1.29 is 8.78 Å². The molecule has 0 aromatic heterocycles. The molecule has 0 aromatic carbocycles. The second-order valence-electron chi connectivity index (χ2n) is 2.10. The highest BCUT2D eigenvalue weighted by Gasteiger charge is 2.44. The highest BCUT2D eigenvalue weighted by atomic mass is 19.3. The quantitative estimate of drug-likeness (QED) is 0.358. The predicted octanol–water partition coefficient (Wildman–Crippen LogP) is -0.169. The first kappa shape index (κ1) is 6.25. The SMILES string of the molecule is N=C(N)N1CC(F)(F)C1. The van der Waals surface area contributed by atoms with E-state index in [1.54, 1.807) is 0 Å². The van der Waals surface area contributed by atoms with Crippen molar-refractivity contribution in [2.75, 3.05) is 13.1 Å². The maximum absolute atomic E-state index is 12.0. The molecule has 0 unspecified atom stereocenters. The van der Waals surface area contributed by atoms with Gasteiger partial charge in [-0.25, -0.2) is 8.78 Å². The first-order valence-corrected chi connectivity index (χ1v) is 2.48. The lowest BCUT2D eigenvalue weighted by Crippen LogP contribution is -2.60. The van der Waals surface area contributed by atoms with Gasteiger partial charge in [-0.1, -0.05) is 0 Å². The minimum Gasteiger partial charge on any atom is -0.370 e. The van der Waals surface area contributed by atoms with Crippen molar-refractivity contribution in [2.24, 2.45) is 5.73 Å². The molecule has 0 aromatic rings. The average Bonchev–Trinajstić information content (AvgIpc) is 1.59. The zero-order chi connectivity index (χ0) is 7.07. The van der Waals surface area contributed by atoms with Gasteiger partial charge in [0.2, 0.25) is 0 Å². The number of alkyl halides is 2. The van der Waals surface area contributed by atoms with Gasteiger partial charge in [0.05, 0.1) is 13.1 Å². The van der Waals surface area contributed by atoms with Crippen molar-refractivity contribution in [2.45, 2.75) is 5.92 Å². The van der Waals surface area contributed by atoms with Gasteiger partial charge in [0.15, 0.2) is 5.96 Å². The van der Waals surface area contributed by atoms with Crippen LogP contribution in [-0.2, 0) is 0 Å². The molecule has 3 N–H and O–H groups in total. The van der Waals surface area contributed by atoms with E-state index in [0.717, 1.165) is 4.90 Å². The van der Waals surface area contributed by atoms with Crippen molar-refractivity contribution in [3.63, 3.8) is 0 Å². The molecule has 5 heteroatoms. The van der Waals surface area contributed by atoms with Gasteiger partial charge in [-0.3, -0.25) is 5.41 Å². The van der Waals surface area contributed by atoms with Crippen LogP contribution in [0.5, 0.6) is 0 Å². The summed E-state index contributed by atoms with van der Waals surface area (Å²) in [6, 6.07) is 0. The Balaban J connectivity index is 2.35. The molecule has 0 radical (unpaired) electrons. The molecule has 1 fully saturated rings. The number of hydrogen-bond acceptors (Lipinski definition) is 1. The van der Waals surface area contributed by atoms with E-state index < -0.39 is 19.0 Å². The molecule has 0 bridgehead atoms. The summed E-state index contributed by atoms with van der Waals surface area (Å²) in [5, 5.41) is 6.70. The lowest BCUT2D eigenvalue weighted by atomic mass is 10.2. The summed E-state index contributed by atoms with van der Waals surface area (Å²) in [5.74, 6) is -2.90. The van der Waals surface area contributed by atoms with E-state index in [9.17, 15) is 8.78 Å². The van der Waals surface area contributed by atoms with E-state index in [0.29, 0.717) is 0 Å². The van der Waals surface area contributed by atoms with Gasteiger partial charge < -0.3 is 10.6 Å². The maximum Gasteiger partial charge on any atom is 0.282 e. The van der Waals surface area contributed by atoms with Crippen LogP contribution in [-0.4, -0.2) is 29.9 Å². The highest BCUT2D eigenvalue weighted by Crippen LogP contribution is 2.25. The molecule has 9 heavy (non-hydrogen) atoms. The van der Waals surface area contributed by atoms with Gasteiger partial charge in [0, 0.05) is 0 Å². The summed E-state index contributed by atoms with van der Waals surface area (Å²) in [5.41, 5.74) is 4.89. The Morgan fingerprint density at radius 3 is 2.11 bits per heavy atom. The molecule has 0 spiro atoms. The number of likely N-dealkylation sites (tertiary alicyclic amines) is 1. The summed E-state index contributed by atoms with van der Waals surface area (Å²) in [4.78, 5) is 1.11. The van der Waals surface area contributed by atoms with Gasteiger partial charge in [-0.05, 0) is 0 Å². The van der Waals surface area contributed by atoms with Crippen LogP contribution >= 0.6 is 0 Å².